The largest absolute Gasteiger partial charge is 0.459 e. The maximum Gasteiger partial charge on any atom is 0.315 e. The first-order chi connectivity index (χ1) is 11.0. The molecule has 0 aliphatic heterocycles. The number of aliphatic hydroxyl groups is 1. The van der Waals surface area contributed by atoms with E-state index in [4.69, 9.17) is 4.42 Å². The Balaban J connectivity index is 1.57. The van der Waals surface area contributed by atoms with Crippen molar-refractivity contribution in [2.45, 2.75) is 44.8 Å². The zero-order valence-corrected chi connectivity index (χ0v) is 13.1. The molecule has 1 heterocycles. The summed E-state index contributed by atoms with van der Waals surface area (Å²) < 4.78 is 18.9. The fourth-order valence-electron chi connectivity index (χ4n) is 3.09. The van der Waals surface area contributed by atoms with Crippen molar-refractivity contribution in [2.24, 2.45) is 0 Å². The number of fused-ring (bicyclic) bond motifs is 1. The second-order valence-electron chi connectivity index (χ2n) is 6.26. The first-order valence-corrected chi connectivity index (χ1v) is 7.88. The number of carbonyl (C=O) groups excluding carboxylic acids is 1. The summed E-state index contributed by atoms with van der Waals surface area (Å²) in [4.78, 5) is 11.9. The highest BCUT2D eigenvalue weighted by Crippen LogP contribution is 2.28. The minimum atomic E-state index is -0.774. The maximum atomic E-state index is 13.3. The van der Waals surface area contributed by atoms with Crippen LogP contribution >= 0.6 is 0 Å². The summed E-state index contributed by atoms with van der Waals surface area (Å²) in [6, 6.07) is 4.00. The molecule has 0 spiro atoms. The minimum Gasteiger partial charge on any atom is -0.459 e. The number of carbonyl (C=O) groups is 1. The highest BCUT2D eigenvalue weighted by atomic mass is 19.1. The first-order valence-electron chi connectivity index (χ1n) is 7.88. The molecule has 2 aromatic rings. The topological polar surface area (TPSA) is 74.5 Å². The molecule has 6 heteroatoms. The number of furan rings is 1. The molecule has 0 atom stereocenters. The van der Waals surface area contributed by atoms with Crippen LogP contribution in [0.25, 0.3) is 11.0 Å². The van der Waals surface area contributed by atoms with Crippen LogP contribution in [0.3, 0.4) is 0 Å². The summed E-state index contributed by atoms with van der Waals surface area (Å²) in [5.74, 6) is 0.281. The zero-order valence-electron chi connectivity index (χ0n) is 13.1. The van der Waals surface area contributed by atoms with Gasteiger partial charge in [-0.1, -0.05) is 12.8 Å². The third-order valence-corrected chi connectivity index (χ3v) is 4.52. The predicted octanol–water partition coefficient (Wildman–Crippen LogP) is 2.98. The van der Waals surface area contributed by atoms with Gasteiger partial charge in [0, 0.05) is 17.5 Å². The molecule has 23 heavy (non-hydrogen) atoms. The Labute approximate surface area is 133 Å². The van der Waals surface area contributed by atoms with Gasteiger partial charge in [0.15, 0.2) is 0 Å². The van der Waals surface area contributed by atoms with Crippen LogP contribution in [-0.2, 0) is 6.54 Å². The molecular formula is C17H21FN2O3. The van der Waals surface area contributed by atoms with Gasteiger partial charge in [-0.05, 0) is 38.0 Å². The van der Waals surface area contributed by atoms with Gasteiger partial charge in [0.25, 0.3) is 0 Å². The van der Waals surface area contributed by atoms with Crippen LogP contribution in [0, 0.1) is 12.7 Å². The van der Waals surface area contributed by atoms with E-state index in [1.165, 1.54) is 12.1 Å². The lowest BCUT2D eigenvalue weighted by molar-refractivity contribution is 0.0501. The SMILES string of the molecule is Cc1c(CNC(=O)NCC2(O)CCCC2)oc2ccc(F)cc12. The van der Waals surface area contributed by atoms with Crippen molar-refractivity contribution >= 4 is 17.0 Å². The average Bonchev–Trinajstić information content (AvgIpc) is 3.09. The van der Waals surface area contributed by atoms with Crippen LogP contribution in [0.15, 0.2) is 22.6 Å². The lowest BCUT2D eigenvalue weighted by atomic mass is 10.0. The molecule has 1 aliphatic carbocycles. The van der Waals surface area contributed by atoms with Crippen molar-refractivity contribution in [3.8, 4) is 0 Å². The van der Waals surface area contributed by atoms with E-state index in [-0.39, 0.29) is 24.9 Å². The van der Waals surface area contributed by atoms with Crippen molar-refractivity contribution in [3.63, 3.8) is 0 Å². The van der Waals surface area contributed by atoms with E-state index in [1.54, 1.807) is 6.07 Å². The van der Waals surface area contributed by atoms with Gasteiger partial charge in [0.2, 0.25) is 0 Å². The van der Waals surface area contributed by atoms with Crippen LogP contribution in [0.4, 0.5) is 9.18 Å². The van der Waals surface area contributed by atoms with E-state index in [0.717, 1.165) is 31.2 Å². The molecule has 1 aliphatic rings. The van der Waals surface area contributed by atoms with Crippen LogP contribution in [0.5, 0.6) is 0 Å². The number of hydrogen-bond acceptors (Lipinski definition) is 3. The number of halogens is 1. The summed E-state index contributed by atoms with van der Waals surface area (Å²) in [5.41, 5.74) is 0.639. The predicted molar refractivity (Wildman–Crippen MR) is 84.6 cm³/mol. The molecule has 124 valence electrons. The highest BCUT2D eigenvalue weighted by Gasteiger charge is 2.31. The van der Waals surface area contributed by atoms with Gasteiger partial charge in [-0.2, -0.15) is 0 Å². The van der Waals surface area contributed by atoms with E-state index in [0.29, 0.717) is 16.7 Å². The third-order valence-electron chi connectivity index (χ3n) is 4.52. The van der Waals surface area contributed by atoms with Crippen molar-refractivity contribution < 1.29 is 18.7 Å². The second kappa shape index (κ2) is 6.20. The van der Waals surface area contributed by atoms with Gasteiger partial charge in [-0.3, -0.25) is 0 Å². The van der Waals surface area contributed by atoms with Gasteiger partial charge in [0.1, 0.15) is 17.2 Å². The van der Waals surface area contributed by atoms with Crippen molar-refractivity contribution in [2.75, 3.05) is 6.54 Å². The number of aryl methyl sites for hydroxylation is 1. The zero-order chi connectivity index (χ0) is 16.4. The average molecular weight is 320 g/mol. The van der Waals surface area contributed by atoms with Crippen LogP contribution < -0.4 is 10.6 Å². The Morgan fingerprint density at radius 1 is 1.35 bits per heavy atom. The molecule has 3 N–H and O–H groups in total. The lowest BCUT2D eigenvalue weighted by Crippen LogP contribution is -2.44. The van der Waals surface area contributed by atoms with Gasteiger partial charge in [-0.15, -0.1) is 0 Å². The molecule has 1 fully saturated rings. The summed E-state index contributed by atoms with van der Waals surface area (Å²) in [7, 11) is 0. The lowest BCUT2D eigenvalue weighted by Gasteiger charge is -2.22. The van der Waals surface area contributed by atoms with Crippen LogP contribution in [0.2, 0.25) is 0 Å². The van der Waals surface area contributed by atoms with E-state index >= 15 is 0 Å². The van der Waals surface area contributed by atoms with Gasteiger partial charge in [-0.25, -0.2) is 9.18 Å². The molecule has 5 nitrogen and oxygen atoms in total. The Morgan fingerprint density at radius 2 is 2.09 bits per heavy atom. The van der Waals surface area contributed by atoms with Crippen LogP contribution in [-0.4, -0.2) is 23.3 Å². The van der Waals surface area contributed by atoms with Gasteiger partial charge < -0.3 is 20.2 Å². The van der Waals surface area contributed by atoms with Crippen molar-refractivity contribution in [1.29, 1.82) is 0 Å². The van der Waals surface area contributed by atoms with E-state index in [9.17, 15) is 14.3 Å². The van der Waals surface area contributed by atoms with E-state index < -0.39 is 5.60 Å². The fourth-order valence-corrected chi connectivity index (χ4v) is 3.09. The van der Waals surface area contributed by atoms with Crippen molar-refractivity contribution in [3.05, 3.63) is 35.3 Å². The number of nitrogens with one attached hydrogen (secondary N) is 2. The van der Waals surface area contributed by atoms with E-state index in [2.05, 4.69) is 10.6 Å². The summed E-state index contributed by atoms with van der Waals surface area (Å²) in [6.45, 7) is 2.30. The van der Waals surface area contributed by atoms with Crippen molar-refractivity contribution in [1.82, 2.24) is 10.6 Å². The molecule has 0 bridgehead atoms. The standard InChI is InChI=1S/C17H21FN2O3/c1-11-13-8-12(18)4-5-14(13)23-15(11)9-19-16(21)20-10-17(22)6-2-3-7-17/h4-5,8,22H,2-3,6-7,9-10H2,1H3,(H2,19,20,21). The molecule has 0 unspecified atom stereocenters. The molecule has 1 saturated carbocycles. The molecular weight excluding hydrogens is 299 g/mol. The summed E-state index contributed by atoms with van der Waals surface area (Å²) in [6.07, 6.45) is 3.44. The first kappa shape index (κ1) is 15.8. The molecule has 0 saturated heterocycles. The number of amides is 2. The van der Waals surface area contributed by atoms with Crippen LogP contribution in [0.1, 0.15) is 37.0 Å². The summed E-state index contributed by atoms with van der Waals surface area (Å²) in [5, 5.41) is 16.3. The Kier molecular flexibility index (Phi) is 4.26. The summed E-state index contributed by atoms with van der Waals surface area (Å²) >= 11 is 0. The molecule has 0 radical (unpaired) electrons. The van der Waals surface area contributed by atoms with Gasteiger partial charge >= 0.3 is 6.03 Å². The Morgan fingerprint density at radius 3 is 2.83 bits per heavy atom. The number of hydrogen-bond donors (Lipinski definition) is 3. The number of benzene rings is 1. The Bertz CT molecular complexity index is 720. The molecule has 1 aromatic heterocycles. The second-order valence-corrected chi connectivity index (χ2v) is 6.26. The molecule has 1 aromatic carbocycles. The normalized spacial score (nSPS) is 16.7. The third kappa shape index (κ3) is 3.47. The van der Waals surface area contributed by atoms with E-state index in [1.807, 2.05) is 6.92 Å². The van der Waals surface area contributed by atoms with Gasteiger partial charge in [0.05, 0.1) is 12.1 Å². The number of rotatable bonds is 4. The highest BCUT2D eigenvalue weighted by molar-refractivity contribution is 5.82. The monoisotopic (exact) mass is 320 g/mol. The maximum absolute atomic E-state index is 13.3. The molecule has 3 rings (SSSR count). The fraction of sp³-hybridized carbons (Fsp3) is 0.471. The Hall–Kier alpha value is -2.08. The minimum absolute atomic E-state index is 0.215. The smallest absolute Gasteiger partial charge is 0.315 e. The number of urea groups is 1. The quantitative estimate of drug-likeness (QED) is 0.811. The molecule has 2 amide bonds.